The molecular weight excluding hydrogens is 176 g/mol. The number of carboxylic acids is 1. The predicted molar refractivity (Wildman–Crippen MR) is 41.5 cm³/mol. The second-order valence-corrected chi connectivity index (χ2v) is 3.04. The quantitative estimate of drug-likeness (QED) is 0.462. The third-order valence-corrected chi connectivity index (χ3v) is 2.02. The lowest BCUT2D eigenvalue weighted by molar-refractivity contribution is -0.149. The molecule has 0 aliphatic heterocycles. The van der Waals surface area contributed by atoms with Crippen LogP contribution in [0.5, 0.6) is 0 Å². The number of rotatable bonds is 4. The molecule has 0 bridgehead atoms. The normalized spacial score (nSPS) is 17.5. The van der Waals surface area contributed by atoms with Gasteiger partial charge >= 0.3 is 5.97 Å². The van der Waals surface area contributed by atoms with Crippen LogP contribution in [0, 0.1) is 5.41 Å². The van der Waals surface area contributed by atoms with E-state index in [9.17, 15) is 14.4 Å². The second kappa shape index (κ2) is 3.04. The monoisotopic (exact) mass is 186 g/mol. The van der Waals surface area contributed by atoms with Gasteiger partial charge in [0, 0.05) is 0 Å². The lowest BCUT2D eigenvalue weighted by atomic mass is 10.1. The van der Waals surface area contributed by atoms with Gasteiger partial charge in [-0.05, 0) is 12.8 Å². The maximum Gasteiger partial charge on any atom is 0.319 e. The highest BCUT2D eigenvalue weighted by Crippen LogP contribution is 2.45. The molecule has 6 nitrogen and oxygen atoms in total. The van der Waals surface area contributed by atoms with E-state index in [-0.39, 0.29) is 6.54 Å². The number of amides is 2. The Bertz CT molecular complexity index is 270. The summed E-state index contributed by atoms with van der Waals surface area (Å²) >= 11 is 0. The van der Waals surface area contributed by atoms with Crippen molar-refractivity contribution in [1.82, 2.24) is 5.32 Å². The van der Waals surface area contributed by atoms with E-state index < -0.39 is 23.2 Å². The fourth-order valence-corrected chi connectivity index (χ4v) is 1.000. The Morgan fingerprint density at radius 3 is 2.23 bits per heavy atom. The molecule has 0 heterocycles. The van der Waals surface area contributed by atoms with Gasteiger partial charge in [0.15, 0.2) is 0 Å². The molecule has 13 heavy (non-hydrogen) atoms. The van der Waals surface area contributed by atoms with Crippen LogP contribution in [0.4, 0.5) is 0 Å². The summed E-state index contributed by atoms with van der Waals surface area (Å²) in [5.41, 5.74) is 3.48. The molecule has 0 aromatic rings. The molecular formula is C7H10N2O4. The van der Waals surface area contributed by atoms with Crippen molar-refractivity contribution in [3.05, 3.63) is 0 Å². The fourth-order valence-electron chi connectivity index (χ4n) is 1.000. The first kappa shape index (κ1) is 9.50. The summed E-state index contributed by atoms with van der Waals surface area (Å²) < 4.78 is 0. The fraction of sp³-hybridized carbons (Fsp3) is 0.571. The number of hydrogen-bond donors (Lipinski definition) is 3. The minimum atomic E-state index is -1.30. The molecule has 2 amide bonds. The van der Waals surface area contributed by atoms with Crippen molar-refractivity contribution in [1.29, 1.82) is 0 Å². The van der Waals surface area contributed by atoms with E-state index in [2.05, 4.69) is 5.32 Å². The van der Waals surface area contributed by atoms with E-state index in [1.165, 1.54) is 0 Å². The van der Waals surface area contributed by atoms with Gasteiger partial charge in [-0.2, -0.15) is 0 Å². The highest BCUT2D eigenvalue weighted by molar-refractivity contribution is 6.05. The van der Waals surface area contributed by atoms with Gasteiger partial charge in [0.05, 0.1) is 6.54 Å². The standard InChI is InChI=1S/C7H10N2O4/c8-4(10)3-9-5(11)7(1-2-7)6(12)13/h1-3H2,(H2,8,10)(H,9,11)(H,12,13). The topological polar surface area (TPSA) is 109 Å². The highest BCUT2D eigenvalue weighted by atomic mass is 16.4. The van der Waals surface area contributed by atoms with Gasteiger partial charge in [0.25, 0.3) is 0 Å². The van der Waals surface area contributed by atoms with E-state index in [0.717, 1.165) is 0 Å². The van der Waals surface area contributed by atoms with E-state index in [0.29, 0.717) is 12.8 Å². The average Bonchev–Trinajstić information content (AvgIpc) is 2.79. The van der Waals surface area contributed by atoms with Crippen molar-refractivity contribution in [2.45, 2.75) is 12.8 Å². The molecule has 1 rings (SSSR count). The van der Waals surface area contributed by atoms with E-state index in [1.807, 2.05) is 0 Å². The molecule has 0 spiro atoms. The van der Waals surface area contributed by atoms with E-state index >= 15 is 0 Å². The third kappa shape index (κ3) is 1.77. The molecule has 1 aliphatic carbocycles. The Kier molecular flexibility index (Phi) is 2.22. The van der Waals surface area contributed by atoms with E-state index in [1.54, 1.807) is 0 Å². The van der Waals surface area contributed by atoms with Crippen LogP contribution in [-0.4, -0.2) is 29.4 Å². The molecule has 0 atom stereocenters. The van der Waals surface area contributed by atoms with Crippen molar-refractivity contribution in [3.8, 4) is 0 Å². The van der Waals surface area contributed by atoms with Crippen molar-refractivity contribution in [2.24, 2.45) is 11.1 Å². The zero-order valence-electron chi connectivity index (χ0n) is 6.87. The van der Waals surface area contributed by atoms with Gasteiger partial charge < -0.3 is 16.2 Å². The van der Waals surface area contributed by atoms with Gasteiger partial charge in [-0.1, -0.05) is 0 Å². The summed E-state index contributed by atoms with van der Waals surface area (Å²) in [6.07, 6.45) is 0.653. The minimum Gasteiger partial charge on any atom is -0.480 e. The maximum absolute atomic E-state index is 11.2. The molecule has 1 fully saturated rings. The smallest absolute Gasteiger partial charge is 0.319 e. The zero-order valence-corrected chi connectivity index (χ0v) is 6.87. The van der Waals surface area contributed by atoms with Crippen LogP contribution in [0.2, 0.25) is 0 Å². The zero-order chi connectivity index (χ0) is 10.1. The summed E-state index contributed by atoms with van der Waals surface area (Å²) in [6, 6.07) is 0. The Labute approximate surface area is 74.1 Å². The van der Waals surface area contributed by atoms with Gasteiger partial charge in [0.2, 0.25) is 11.8 Å². The van der Waals surface area contributed by atoms with Gasteiger partial charge in [0.1, 0.15) is 5.41 Å². The summed E-state index contributed by atoms with van der Waals surface area (Å²) in [6.45, 7) is -0.312. The number of hydrogen-bond acceptors (Lipinski definition) is 3. The molecule has 0 radical (unpaired) electrons. The Hall–Kier alpha value is -1.59. The van der Waals surface area contributed by atoms with Gasteiger partial charge in [-0.3, -0.25) is 14.4 Å². The summed E-state index contributed by atoms with van der Waals surface area (Å²) in [7, 11) is 0. The first-order chi connectivity index (χ1) is 5.99. The van der Waals surface area contributed by atoms with Crippen LogP contribution in [-0.2, 0) is 14.4 Å². The summed E-state index contributed by atoms with van der Waals surface area (Å²) in [5.74, 6) is -2.46. The Morgan fingerprint density at radius 1 is 1.38 bits per heavy atom. The van der Waals surface area contributed by atoms with Crippen molar-refractivity contribution in [3.63, 3.8) is 0 Å². The lowest BCUT2D eigenvalue weighted by Crippen LogP contribution is -2.41. The van der Waals surface area contributed by atoms with Crippen molar-refractivity contribution >= 4 is 17.8 Å². The molecule has 6 heteroatoms. The second-order valence-electron chi connectivity index (χ2n) is 3.04. The molecule has 0 aromatic heterocycles. The van der Waals surface area contributed by atoms with Crippen LogP contribution in [0.25, 0.3) is 0 Å². The first-order valence-corrected chi connectivity index (χ1v) is 3.79. The summed E-state index contributed by atoms with van der Waals surface area (Å²) in [4.78, 5) is 32.0. The number of carbonyl (C=O) groups excluding carboxylic acids is 2. The molecule has 72 valence electrons. The SMILES string of the molecule is NC(=O)CNC(=O)C1(C(=O)O)CC1. The summed E-state index contributed by atoms with van der Waals surface area (Å²) in [5, 5.41) is 10.8. The lowest BCUT2D eigenvalue weighted by Gasteiger charge is -2.08. The number of primary amides is 1. The number of aliphatic carboxylic acids is 1. The van der Waals surface area contributed by atoms with Crippen LogP contribution in [0.3, 0.4) is 0 Å². The number of carbonyl (C=O) groups is 3. The van der Waals surface area contributed by atoms with Crippen LogP contribution in [0.15, 0.2) is 0 Å². The maximum atomic E-state index is 11.2. The minimum absolute atomic E-state index is 0.312. The van der Waals surface area contributed by atoms with Crippen LogP contribution < -0.4 is 11.1 Å². The third-order valence-electron chi connectivity index (χ3n) is 2.02. The number of nitrogens with one attached hydrogen (secondary N) is 1. The number of carboxylic acid groups (broad SMARTS) is 1. The highest BCUT2D eigenvalue weighted by Gasteiger charge is 2.56. The first-order valence-electron chi connectivity index (χ1n) is 3.79. The Morgan fingerprint density at radius 2 is 1.92 bits per heavy atom. The Balaban J connectivity index is 2.49. The van der Waals surface area contributed by atoms with Gasteiger partial charge in [-0.25, -0.2) is 0 Å². The molecule has 4 N–H and O–H groups in total. The average molecular weight is 186 g/mol. The van der Waals surface area contributed by atoms with Crippen molar-refractivity contribution in [2.75, 3.05) is 6.54 Å². The van der Waals surface area contributed by atoms with Crippen LogP contribution >= 0.6 is 0 Å². The predicted octanol–water partition coefficient (Wildman–Crippen LogP) is -1.55. The molecule has 1 saturated carbocycles. The molecule has 0 saturated heterocycles. The van der Waals surface area contributed by atoms with Crippen LogP contribution in [0.1, 0.15) is 12.8 Å². The molecule has 0 aromatic carbocycles. The van der Waals surface area contributed by atoms with Gasteiger partial charge in [-0.15, -0.1) is 0 Å². The molecule has 1 aliphatic rings. The van der Waals surface area contributed by atoms with E-state index in [4.69, 9.17) is 10.8 Å². The largest absolute Gasteiger partial charge is 0.480 e. The molecule has 0 unspecified atom stereocenters. The number of nitrogens with two attached hydrogens (primary N) is 1. The van der Waals surface area contributed by atoms with Crippen molar-refractivity contribution < 1.29 is 19.5 Å².